The third-order valence-corrected chi connectivity index (χ3v) is 9.06. The fourth-order valence-electron chi connectivity index (χ4n) is 6.55. The van der Waals surface area contributed by atoms with Crippen molar-refractivity contribution in [3.8, 4) is 28.5 Å². The van der Waals surface area contributed by atoms with Gasteiger partial charge in [0.1, 0.15) is 23.1 Å². The van der Waals surface area contributed by atoms with Gasteiger partial charge in [0.15, 0.2) is 5.82 Å². The molecule has 5 heterocycles. The summed E-state index contributed by atoms with van der Waals surface area (Å²) in [7, 11) is 3.50. The number of benzene rings is 1. The zero-order valence-electron chi connectivity index (χ0n) is 26.2. The van der Waals surface area contributed by atoms with E-state index >= 15 is 0 Å². The number of likely N-dealkylation sites (tertiary alicyclic amines) is 1. The molecule has 2 fully saturated rings. The molecule has 7 rings (SSSR count). The second-order valence-electron chi connectivity index (χ2n) is 12.7. The molecule has 2 amide bonds. The van der Waals surface area contributed by atoms with Crippen molar-refractivity contribution in [1.82, 2.24) is 29.0 Å². The van der Waals surface area contributed by atoms with E-state index in [4.69, 9.17) is 26.2 Å². The molecular weight excluding hydrogens is 587 g/mol. The van der Waals surface area contributed by atoms with E-state index in [1.54, 1.807) is 25.4 Å². The van der Waals surface area contributed by atoms with Gasteiger partial charge in [-0.3, -0.25) is 14.6 Å². The van der Waals surface area contributed by atoms with Crippen molar-refractivity contribution in [3.05, 3.63) is 59.4 Å². The molecule has 1 saturated carbocycles. The van der Waals surface area contributed by atoms with Gasteiger partial charge in [0.05, 0.1) is 42.7 Å². The zero-order chi connectivity index (χ0) is 32.3. The number of ether oxygens (including phenoxy) is 1. The van der Waals surface area contributed by atoms with E-state index in [0.717, 1.165) is 64.3 Å². The number of rotatable bonds is 8. The van der Waals surface area contributed by atoms with Crippen LogP contribution >= 0.6 is 0 Å². The smallest absolute Gasteiger partial charge is 0.254 e. The first kappa shape index (κ1) is 29.8. The van der Waals surface area contributed by atoms with Crippen LogP contribution in [0.25, 0.3) is 44.8 Å². The van der Waals surface area contributed by atoms with E-state index in [2.05, 4.69) is 21.7 Å². The van der Waals surface area contributed by atoms with Crippen LogP contribution in [0.3, 0.4) is 0 Å². The number of methoxy groups -OCH3 is 1. The fraction of sp³-hybridized carbons (Fsp3) is 0.382. The molecule has 1 aliphatic carbocycles. The van der Waals surface area contributed by atoms with Crippen LogP contribution in [-0.2, 0) is 24.8 Å². The lowest BCUT2D eigenvalue weighted by molar-refractivity contribution is -0.117. The van der Waals surface area contributed by atoms with Gasteiger partial charge in [-0.25, -0.2) is 14.4 Å². The van der Waals surface area contributed by atoms with E-state index in [1.165, 1.54) is 4.90 Å². The van der Waals surface area contributed by atoms with Crippen LogP contribution in [0.5, 0.6) is 5.75 Å². The van der Waals surface area contributed by atoms with Crippen LogP contribution in [0.2, 0.25) is 0 Å². The molecule has 5 aromatic rings. The Bertz CT molecular complexity index is 2000. The highest BCUT2D eigenvalue weighted by atomic mass is 19.1. The molecule has 12 heteroatoms. The lowest BCUT2D eigenvalue weighted by atomic mass is 10.0. The third-order valence-electron chi connectivity index (χ3n) is 9.06. The number of pyridine rings is 2. The monoisotopic (exact) mass is 624 g/mol. The average molecular weight is 625 g/mol. The number of piperidine rings is 1. The quantitative estimate of drug-likeness (QED) is 0.266. The summed E-state index contributed by atoms with van der Waals surface area (Å²) in [6.07, 6.45) is 3.24. The highest BCUT2D eigenvalue weighted by Gasteiger charge is 2.30. The fourth-order valence-corrected chi connectivity index (χ4v) is 6.55. The number of halogens is 1. The maximum absolute atomic E-state index is 14.3. The average Bonchev–Trinajstić information content (AvgIpc) is 3.69. The van der Waals surface area contributed by atoms with Crippen molar-refractivity contribution in [1.29, 1.82) is 0 Å². The topological polar surface area (TPSA) is 147 Å². The highest BCUT2D eigenvalue weighted by Crippen LogP contribution is 2.38. The van der Waals surface area contributed by atoms with E-state index in [9.17, 15) is 14.0 Å². The van der Waals surface area contributed by atoms with E-state index in [1.807, 2.05) is 30.7 Å². The summed E-state index contributed by atoms with van der Waals surface area (Å²) in [5.74, 6) is 1.07. The second-order valence-corrected chi connectivity index (χ2v) is 12.7. The minimum Gasteiger partial charge on any atom is -0.494 e. The SMILES string of the molecule is COc1cc(C(=O)N2C[C@H](N)C[C@@H](F)C2)cc2nc(-c3cc4ccc(-c5cnc(CC(N)=O)c(C)c5)nc4n3CC3CC3)n(C)c12. The molecule has 4 N–H and O–H groups in total. The molecule has 46 heavy (non-hydrogen) atoms. The van der Waals surface area contributed by atoms with E-state index in [-0.39, 0.29) is 25.3 Å². The van der Waals surface area contributed by atoms with Crippen LogP contribution < -0.4 is 16.2 Å². The van der Waals surface area contributed by atoms with Gasteiger partial charge in [-0.05, 0) is 74.1 Å². The van der Waals surface area contributed by atoms with Crippen LogP contribution in [0.15, 0.2) is 42.6 Å². The molecule has 4 aromatic heterocycles. The number of aryl methyl sites for hydroxylation is 2. The van der Waals surface area contributed by atoms with Crippen molar-refractivity contribution in [2.75, 3.05) is 20.2 Å². The number of hydrogen-bond acceptors (Lipinski definition) is 7. The molecule has 2 aliphatic rings. The lowest BCUT2D eigenvalue weighted by Crippen LogP contribution is -2.50. The Hall–Kier alpha value is -4.84. The summed E-state index contributed by atoms with van der Waals surface area (Å²) < 4.78 is 24.3. The maximum Gasteiger partial charge on any atom is 0.254 e. The number of nitrogens with zero attached hydrogens (tertiary/aromatic N) is 6. The summed E-state index contributed by atoms with van der Waals surface area (Å²) in [6.45, 7) is 3.04. The van der Waals surface area contributed by atoms with Gasteiger partial charge in [-0.1, -0.05) is 0 Å². The molecule has 11 nitrogen and oxygen atoms in total. The first-order chi connectivity index (χ1) is 22.1. The molecule has 0 radical (unpaired) electrons. The summed E-state index contributed by atoms with van der Waals surface area (Å²) >= 11 is 0. The van der Waals surface area contributed by atoms with Gasteiger partial charge < -0.3 is 30.2 Å². The number of alkyl halides is 1. The van der Waals surface area contributed by atoms with Crippen molar-refractivity contribution in [3.63, 3.8) is 0 Å². The predicted octanol–water partition coefficient (Wildman–Crippen LogP) is 3.92. The molecule has 1 saturated heterocycles. The van der Waals surface area contributed by atoms with Crippen molar-refractivity contribution in [2.45, 2.75) is 51.4 Å². The molecule has 1 aromatic carbocycles. The van der Waals surface area contributed by atoms with Crippen molar-refractivity contribution in [2.24, 2.45) is 24.4 Å². The number of carbonyl (C=O) groups is 2. The number of primary amides is 1. The maximum atomic E-state index is 14.3. The third kappa shape index (κ3) is 5.46. The largest absolute Gasteiger partial charge is 0.494 e. The standard InChI is InChI=1S/C34H37FN8O3/c1-18-8-22(14-38-26(18)13-30(37)44)25-7-6-20-10-28(43(32(20)39-25)15-19-4-5-19)33-40-27-9-21(11-29(46-3)31(27)41(33)2)34(45)42-16-23(35)12-24(36)17-42/h6-11,14,19,23-24H,4-5,12-13,15-17,36H2,1-3H3,(H2,37,44)/t23-,24-/m1/s1. The summed E-state index contributed by atoms with van der Waals surface area (Å²) in [6, 6.07) is 11.2. The number of carbonyl (C=O) groups excluding carboxylic acids is 2. The minimum atomic E-state index is -1.15. The number of imidazole rings is 1. The lowest BCUT2D eigenvalue weighted by Gasteiger charge is -2.33. The Kier molecular flexibility index (Phi) is 7.47. The Morgan fingerprint density at radius 1 is 1.11 bits per heavy atom. The molecule has 1 aliphatic heterocycles. The van der Waals surface area contributed by atoms with Crippen LogP contribution in [0.1, 0.15) is 40.9 Å². The summed E-state index contributed by atoms with van der Waals surface area (Å²) in [5.41, 5.74) is 18.1. The molecule has 0 unspecified atom stereocenters. The van der Waals surface area contributed by atoms with Gasteiger partial charge >= 0.3 is 0 Å². The van der Waals surface area contributed by atoms with Gasteiger partial charge in [-0.15, -0.1) is 0 Å². The summed E-state index contributed by atoms with van der Waals surface area (Å²) in [4.78, 5) is 41.0. The molecule has 2 atom stereocenters. The summed E-state index contributed by atoms with van der Waals surface area (Å²) in [5, 5.41) is 0.978. The number of fused-ring (bicyclic) bond motifs is 2. The molecular formula is C34H37FN8O3. The van der Waals surface area contributed by atoms with E-state index in [0.29, 0.717) is 35.0 Å². The van der Waals surface area contributed by atoms with Crippen LogP contribution in [-0.4, -0.2) is 73.2 Å². The van der Waals surface area contributed by atoms with Crippen LogP contribution in [0, 0.1) is 12.8 Å². The predicted molar refractivity (Wildman–Crippen MR) is 173 cm³/mol. The minimum absolute atomic E-state index is 0.0176. The van der Waals surface area contributed by atoms with Gasteiger partial charge in [-0.2, -0.15) is 0 Å². The number of amides is 2. The first-order valence-electron chi connectivity index (χ1n) is 15.6. The first-order valence-corrected chi connectivity index (χ1v) is 15.6. The zero-order valence-corrected chi connectivity index (χ0v) is 26.2. The number of hydrogen-bond donors (Lipinski definition) is 2. The normalized spacial score (nSPS) is 18.4. The molecule has 0 spiro atoms. The Morgan fingerprint density at radius 3 is 2.61 bits per heavy atom. The van der Waals surface area contributed by atoms with E-state index < -0.39 is 18.1 Å². The second kappa shape index (κ2) is 11.5. The van der Waals surface area contributed by atoms with Crippen molar-refractivity contribution < 1.29 is 18.7 Å². The molecule has 238 valence electrons. The Morgan fingerprint density at radius 2 is 1.91 bits per heavy atom. The van der Waals surface area contributed by atoms with Gasteiger partial charge in [0.25, 0.3) is 5.91 Å². The van der Waals surface area contributed by atoms with Gasteiger partial charge in [0, 0.05) is 48.9 Å². The van der Waals surface area contributed by atoms with Crippen molar-refractivity contribution >= 4 is 33.9 Å². The molecule has 0 bridgehead atoms. The Labute approximate surface area is 265 Å². The van der Waals surface area contributed by atoms with Crippen LogP contribution in [0.4, 0.5) is 4.39 Å². The number of aromatic nitrogens is 5. The highest BCUT2D eigenvalue weighted by molar-refractivity contribution is 6.00. The van der Waals surface area contributed by atoms with Gasteiger partial charge in [0.2, 0.25) is 5.91 Å². The number of nitrogens with two attached hydrogens (primary N) is 2. The Balaban J connectivity index is 1.31.